The molecule has 138 valence electrons. The second-order valence-electron chi connectivity index (χ2n) is 6.41. The summed E-state index contributed by atoms with van der Waals surface area (Å²) in [6.45, 7) is 4.36. The Balaban J connectivity index is 2.37. The van der Waals surface area contributed by atoms with E-state index in [9.17, 15) is 19.5 Å². The first-order valence-corrected chi connectivity index (χ1v) is 10.4. The molecule has 26 heavy (non-hydrogen) atoms. The lowest BCUT2D eigenvalue weighted by Gasteiger charge is -2.11. The minimum Gasteiger partial charge on any atom is -0.478 e. The molecule has 6 nitrogen and oxygen atoms in total. The van der Waals surface area contributed by atoms with Crippen LogP contribution < -0.4 is 11.2 Å². The largest absolute Gasteiger partial charge is 0.478 e. The second-order valence-corrected chi connectivity index (χ2v) is 9.34. The minimum absolute atomic E-state index is 0.00315. The van der Waals surface area contributed by atoms with Gasteiger partial charge in [0, 0.05) is 34.2 Å². The van der Waals surface area contributed by atoms with Crippen molar-refractivity contribution in [1.29, 1.82) is 0 Å². The van der Waals surface area contributed by atoms with Crippen LogP contribution in [0, 0.1) is 5.92 Å². The molecule has 0 aliphatic rings. The molecule has 3 aromatic rings. The molecule has 0 aromatic carbocycles. The van der Waals surface area contributed by atoms with E-state index in [0.717, 1.165) is 13.9 Å². The quantitative estimate of drug-likeness (QED) is 0.636. The first kappa shape index (κ1) is 19.1. The van der Waals surface area contributed by atoms with Crippen molar-refractivity contribution in [2.24, 2.45) is 13.0 Å². The Bertz CT molecular complexity index is 1120. The molecule has 0 radical (unpaired) electrons. The van der Waals surface area contributed by atoms with Crippen molar-refractivity contribution in [1.82, 2.24) is 9.13 Å². The fourth-order valence-corrected chi connectivity index (χ4v) is 5.74. The van der Waals surface area contributed by atoms with E-state index in [1.807, 2.05) is 25.3 Å². The molecule has 3 rings (SSSR count). The van der Waals surface area contributed by atoms with Gasteiger partial charge in [-0.25, -0.2) is 9.59 Å². The molecule has 0 aliphatic heterocycles. The second kappa shape index (κ2) is 7.13. The number of thiophene rings is 2. The third-order valence-electron chi connectivity index (χ3n) is 4.02. The highest BCUT2D eigenvalue weighted by Gasteiger charge is 2.26. The van der Waals surface area contributed by atoms with Gasteiger partial charge < -0.3 is 5.11 Å². The number of carboxylic acid groups (broad SMARTS) is 1. The Kier molecular flexibility index (Phi) is 5.23. The zero-order chi connectivity index (χ0) is 19.2. The van der Waals surface area contributed by atoms with Crippen molar-refractivity contribution >= 4 is 54.8 Å². The molecule has 3 heterocycles. The van der Waals surface area contributed by atoms with E-state index in [1.165, 1.54) is 34.3 Å². The SMILES string of the molecule is CC(C)Cn1c(=O)n(C)c(=O)c2c(C(=O)O)c(Cc3sccc3Br)sc21. The van der Waals surface area contributed by atoms with E-state index in [-0.39, 0.29) is 16.9 Å². The summed E-state index contributed by atoms with van der Waals surface area (Å²) in [4.78, 5) is 39.2. The van der Waals surface area contributed by atoms with Crippen LogP contribution in [-0.4, -0.2) is 20.2 Å². The summed E-state index contributed by atoms with van der Waals surface area (Å²) in [6, 6.07) is 1.90. The zero-order valence-electron chi connectivity index (χ0n) is 14.4. The van der Waals surface area contributed by atoms with E-state index in [1.54, 1.807) is 0 Å². The van der Waals surface area contributed by atoms with E-state index in [4.69, 9.17) is 0 Å². The maximum absolute atomic E-state index is 12.7. The van der Waals surface area contributed by atoms with Gasteiger partial charge in [-0.3, -0.25) is 13.9 Å². The molecule has 0 atom stereocenters. The number of carboxylic acids is 1. The number of nitrogens with zero attached hydrogens (tertiary/aromatic N) is 2. The van der Waals surface area contributed by atoms with Crippen LogP contribution in [0.25, 0.3) is 10.2 Å². The van der Waals surface area contributed by atoms with Crippen molar-refractivity contribution < 1.29 is 9.90 Å². The summed E-state index contributed by atoms with van der Waals surface area (Å²) in [5.74, 6) is -0.968. The van der Waals surface area contributed by atoms with Gasteiger partial charge in [-0.2, -0.15) is 0 Å². The van der Waals surface area contributed by atoms with Crippen LogP contribution in [0.3, 0.4) is 0 Å². The van der Waals surface area contributed by atoms with Crippen LogP contribution in [0.4, 0.5) is 0 Å². The molecular weight excluding hydrogens is 440 g/mol. The smallest absolute Gasteiger partial charge is 0.337 e. The monoisotopic (exact) mass is 456 g/mol. The molecular formula is C17H17BrN2O4S2. The molecule has 0 spiro atoms. The van der Waals surface area contributed by atoms with Crippen LogP contribution in [0.15, 0.2) is 25.5 Å². The van der Waals surface area contributed by atoms with Crippen molar-refractivity contribution in [2.45, 2.75) is 26.8 Å². The standard InChI is InChI=1S/C17H17BrN2O4S2/c1-8(2)7-20-15-13(14(21)19(3)17(20)24)12(16(22)23)11(26-15)6-10-9(18)4-5-25-10/h4-5,8H,6-7H2,1-3H3,(H,22,23). The number of carbonyl (C=O) groups is 1. The third-order valence-corrected chi connectivity index (χ3v) is 7.16. The molecule has 0 aliphatic carbocycles. The lowest BCUT2D eigenvalue weighted by molar-refractivity contribution is 0.0698. The summed E-state index contributed by atoms with van der Waals surface area (Å²) >= 11 is 6.20. The van der Waals surface area contributed by atoms with Crippen LogP contribution >= 0.6 is 38.6 Å². The molecule has 0 saturated heterocycles. The highest BCUT2D eigenvalue weighted by Crippen LogP contribution is 2.34. The number of halogens is 1. The van der Waals surface area contributed by atoms with E-state index in [2.05, 4.69) is 15.9 Å². The number of aromatic nitrogens is 2. The van der Waals surface area contributed by atoms with E-state index in [0.29, 0.717) is 22.7 Å². The fraction of sp³-hybridized carbons (Fsp3) is 0.353. The van der Waals surface area contributed by atoms with Gasteiger partial charge >= 0.3 is 11.7 Å². The number of rotatable bonds is 5. The average Bonchev–Trinajstić information content (AvgIpc) is 3.14. The first-order valence-electron chi connectivity index (χ1n) is 7.92. The maximum atomic E-state index is 12.7. The van der Waals surface area contributed by atoms with Crippen molar-refractivity contribution in [3.05, 3.63) is 52.1 Å². The molecule has 0 unspecified atom stereocenters. The summed E-state index contributed by atoms with van der Waals surface area (Å²) in [5.41, 5.74) is -0.975. The van der Waals surface area contributed by atoms with Crippen molar-refractivity contribution in [3.63, 3.8) is 0 Å². The number of aromatic carboxylic acids is 1. The minimum atomic E-state index is -1.15. The van der Waals surface area contributed by atoms with Crippen LogP contribution in [0.5, 0.6) is 0 Å². The molecule has 1 N–H and O–H groups in total. The lowest BCUT2D eigenvalue weighted by atomic mass is 10.1. The van der Waals surface area contributed by atoms with Gasteiger partial charge in [-0.1, -0.05) is 13.8 Å². The first-order chi connectivity index (χ1) is 12.2. The van der Waals surface area contributed by atoms with Gasteiger partial charge in [0.2, 0.25) is 0 Å². The topological polar surface area (TPSA) is 81.3 Å². The van der Waals surface area contributed by atoms with Gasteiger partial charge in [0.05, 0.1) is 10.9 Å². The Morgan fingerprint density at radius 2 is 2.00 bits per heavy atom. The Morgan fingerprint density at radius 3 is 2.54 bits per heavy atom. The fourth-order valence-electron chi connectivity index (χ4n) is 2.85. The van der Waals surface area contributed by atoms with Gasteiger partial charge in [-0.15, -0.1) is 22.7 Å². The predicted molar refractivity (Wildman–Crippen MR) is 108 cm³/mol. The average molecular weight is 457 g/mol. The molecule has 0 bridgehead atoms. The van der Waals surface area contributed by atoms with Gasteiger partial charge in [-0.05, 0) is 33.3 Å². The van der Waals surface area contributed by atoms with Gasteiger partial charge in [0.15, 0.2) is 0 Å². The van der Waals surface area contributed by atoms with E-state index < -0.39 is 17.2 Å². The highest BCUT2D eigenvalue weighted by molar-refractivity contribution is 9.10. The summed E-state index contributed by atoms with van der Waals surface area (Å²) in [7, 11) is 1.39. The summed E-state index contributed by atoms with van der Waals surface area (Å²) in [5, 5.41) is 11.8. The normalized spacial score (nSPS) is 11.6. The maximum Gasteiger partial charge on any atom is 0.337 e. The molecule has 9 heteroatoms. The summed E-state index contributed by atoms with van der Waals surface area (Å²) < 4.78 is 3.42. The number of fused-ring (bicyclic) bond motifs is 1. The number of hydrogen-bond donors (Lipinski definition) is 1. The number of hydrogen-bond acceptors (Lipinski definition) is 5. The Labute approximate surface area is 165 Å². The van der Waals surface area contributed by atoms with Crippen LogP contribution in [0.1, 0.15) is 34.0 Å². The molecule has 3 aromatic heterocycles. The summed E-state index contributed by atoms with van der Waals surface area (Å²) in [6.07, 6.45) is 0.401. The van der Waals surface area contributed by atoms with Crippen LogP contribution in [-0.2, 0) is 20.0 Å². The van der Waals surface area contributed by atoms with Crippen molar-refractivity contribution in [3.8, 4) is 0 Å². The molecule has 0 fully saturated rings. The zero-order valence-corrected chi connectivity index (χ0v) is 17.6. The lowest BCUT2D eigenvalue weighted by Crippen LogP contribution is -2.38. The predicted octanol–water partition coefficient (Wildman–Crippen LogP) is 3.53. The Hall–Kier alpha value is -1.71. The molecule has 0 saturated carbocycles. The van der Waals surface area contributed by atoms with Crippen LogP contribution in [0.2, 0.25) is 0 Å². The molecule has 0 amide bonds. The highest BCUT2D eigenvalue weighted by atomic mass is 79.9. The Morgan fingerprint density at radius 1 is 1.31 bits per heavy atom. The van der Waals surface area contributed by atoms with Gasteiger partial charge in [0.25, 0.3) is 5.56 Å². The van der Waals surface area contributed by atoms with E-state index >= 15 is 0 Å². The van der Waals surface area contributed by atoms with Crippen molar-refractivity contribution in [2.75, 3.05) is 0 Å². The third kappa shape index (κ3) is 3.19. The van der Waals surface area contributed by atoms with Gasteiger partial charge in [0.1, 0.15) is 4.83 Å².